The quantitative estimate of drug-likeness (QED) is 0.767. The lowest BCUT2D eigenvalue weighted by atomic mass is 10.0. The molecule has 1 aromatic rings. The summed E-state index contributed by atoms with van der Waals surface area (Å²) in [6.45, 7) is 7.25. The van der Waals surface area contributed by atoms with E-state index in [4.69, 9.17) is 0 Å². The van der Waals surface area contributed by atoms with Crippen LogP contribution in [0.4, 0.5) is 0 Å². The molecule has 4 heteroatoms. The van der Waals surface area contributed by atoms with Crippen LogP contribution in [-0.4, -0.2) is 21.3 Å². The average Bonchev–Trinajstić information content (AvgIpc) is 2.90. The standard InChI is InChI=1S/C12H22N4/c1-3-5-12(6-7-12)9-13-8-11-14-10-15-16(11)4-2/h10,13H,3-9H2,1-2H3. The molecule has 0 atom stereocenters. The van der Waals surface area contributed by atoms with E-state index in [1.165, 1.54) is 25.7 Å². The molecule has 0 unspecified atom stereocenters. The zero-order chi connectivity index (χ0) is 11.4. The van der Waals surface area contributed by atoms with Gasteiger partial charge in [-0.1, -0.05) is 13.3 Å². The van der Waals surface area contributed by atoms with Gasteiger partial charge in [-0.2, -0.15) is 5.10 Å². The van der Waals surface area contributed by atoms with Crippen LogP contribution in [0.2, 0.25) is 0 Å². The van der Waals surface area contributed by atoms with Crippen molar-refractivity contribution in [3.8, 4) is 0 Å². The SMILES string of the molecule is CCCC1(CNCc2ncnn2CC)CC1. The number of hydrogen-bond donors (Lipinski definition) is 1. The monoisotopic (exact) mass is 222 g/mol. The topological polar surface area (TPSA) is 42.7 Å². The van der Waals surface area contributed by atoms with Crippen molar-refractivity contribution in [3.05, 3.63) is 12.2 Å². The van der Waals surface area contributed by atoms with Crippen LogP contribution < -0.4 is 5.32 Å². The second kappa shape index (κ2) is 4.95. The first kappa shape index (κ1) is 11.6. The zero-order valence-electron chi connectivity index (χ0n) is 10.4. The molecule has 0 aromatic carbocycles. The Morgan fingerprint density at radius 3 is 2.88 bits per heavy atom. The number of rotatable bonds is 7. The summed E-state index contributed by atoms with van der Waals surface area (Å²) in [6.07, 6.45) is 7.09. The smallest absolute Gasteiger partial charge is 0.140 e. The van der Waals surface area contributed by atoms with Gasteiger partial charge in [-0.25, -0.2) is 9.67 Å². The molecule has 1 fully saturated rings. The highest BCUT2D eigenvalue weighted by molar-refractivity contribution is 4.95. The van der Waals surface area contributed by atoms with Crippen LogP contribution in [0.15, 0.2) is 6.33 Å². The van der Waals surface area contributed by atoms with Crippen LogP contribution in [0.3, 0.4) is 0 Å². The average molecular weight is 222 g/mol. The van der Waals surface area contributed by atoms with Crippen molar-refractivity contribution in [2.24, 2.45) is 5.41 Å². The molecular formula is C12H22N4. The fraction of sp³-hybridized carbons (Fsp3) is 0.833. The van der Waals surface area contributed by atoms with Crippen molar-refractivity contribution >= 4 is 0 Å². The molecule has 1 saturated carbocycles. The Morgan fingerprint density at radius 1 is 1.44 bits per heavy atom. The van der Waals surface area contributed by atoms with Gasteiger partial charge in [0.25, 0.3) is 0 Å². The van der Waals surface area contributed by atoms with Crippen LogP contribution in [0, 0.1) is 5.41 Å². The maximum atomic E-state index is 4.26. The summed E-state index contributed by atoms with van der Waals surface area (Å²) in [5, 5.41) is 7.69. The summed E-state index contributed by atoms with van der Waals surface area (Å²) in [6, 6.07) is 0. The molecule has 1 N–H and O–H groups in total. The summed E-state index contributed by atoms with van der Waals surface area (Å²) < 4.78 is 1.95. The molecule has 4 nitrogen and oxygen atoms in total. The summed E-state index contributed by atoms with van der Waals surface area (Å²) in [5.74, 6) is 1.05. The molecule has 0 aliphatic heterocycles. The number of nitrogens with zero attached hydrogens (tertiary/aromatic N) is 3. The van der Waals surface area contributed by atoms with Crippen LogP contribution in [0.25, 0.3) is 0 Å². The first-order chi connectivity index (χ1) is 7.79. The Morgan fingerprint density at radius 2 is 2.25 bits per heavy atom. The number of aromatic nitrogens is 3. The van der Waals surface area contributed by atoms with Crippen LogP contribution in [-0.2, 0) is 13.1 Å². The molecule has 90 valence electrons. The summed E-state index contributed by atoms with van der Waals surface area (Å²) in [4.78, 5) is 4.26. The van der Waals surface area contributed by atoms with Gasteiger partial charge in [-0.3, -0.25) is 0 Å². The molecule has 0 amide bonds. The molecule has 0 saturated heterocycles. The van der Waals surface area contributed by atoms with E-state index in [1.807, 2.05) is 4.68 Å². The summed E-state index contributed by atoms with van der Waals surface area (Å²) in [7, 11) is 0. The summed E-state index contributed by atoms with van der Waals surface area (Å²) in [5.41, 5.74) is 0.617. The minimum atomic E-state index is 0.617. The highest BCUT2D eigenvalue weighted by Crippen LogP contribution is 2.48. The van der Waals surface area contributed by atoms with Crippen molar-refractivity contribution < 1.29 is 0 Å². The third kappa shape index (κ3) is 2.61. The normalized spacial score (nSPS) is 17.6. The molecular weight excluding hydrogens is 200 g/mol. The van der Waals surface area contributed by atoms with Gasteiger partial charge in [-0.15, -0.1) is 0 Å². The maximum Gasteiger partial charge on any atom is 0.140 e. The van der Waals surface area contributed by atoms with Crippen LogP contribution in [0.1, 0.15) is 45.4 Å². The van der Waals surface area contributed by atoms with E-state index in [-0.39, 0.29) is 0 Å². The van der Waals surface area contributed by atoms with Gasteiger partial charge in [0.1, 0.15) is 12.2 Å². The van der Waals surface area contributed by atoms with Crippen molar-refractivity contribution in [1.82, 2.24) is 20.1 Å². The molecule has 0 bridgehead atoms. The van der Waals surface area contributed by atoms with E-state index in [0.717, 1.165) is 25.5 Å². The Labute approximate surface area is 97.5 Å². The van der Waals surface area contributed by atoms with Gasteiger partial charge < -0.3 is 5.32 Å². The van der Waals surface area contributed by atoms with Crippen molar-refractivity contribution in [2.75, 3.05) is 6.54 Å². The predicted octanol–water partition coefficient (Wildman–Crippen LogP) is 1.97. The van der Waals surface area contributed by atoms with E-state index >= 15 is 0 Å². The summed E-state index contributed by atoms with van der Waals surface area (Å²) >= 11 is 0. The second-order valence-electron chi connectivity index (χ2n) is 4.85. The van der Waals surface area contributed by atoms with E-state index in [1.54, 1.807) is 6.33 Å². The van der Waals surface area contributed by atoms with Crippen LogP contribution >= 0.6 is 0 Å². The van der Waals surface area contributed by atoms with Gasteiger partial charge in [0.05, 0.1) is 6.54 Å². The Bertz CT molecular complexity index is 328. The first-order valence-corrected chi connectivity index (χ1v) is 6.37. The molecule has 1 aliphatic carbocycles. The highest BCUT2D eigenvalue weighted by Gasteiger charge is 2.40. The Balaban J connectivity index is 1.76. The molecule has 1 aliphatic rings. The highest BCUT2D eigenvalue weighted by atomic mass is 15.3. The molecule has 0 spiro atoms. The molecule has 16 heavy (non-hydrogen) atoms. The van der Waals surface area contributed by atoms with Gasteiger partial charge in [0.2, 0.25) is 0 Å². The molecule has 1 aromatic heterocycles. The fourth-order valence-corrected chi connectivity index (χ4v) is 2.35. The second-order valence-corrected chi connectivity index (χ2v) is 4.85. The maximum absolute atomic E-state index is 4.26. The van der Waals surface area contributed by atoms with Crippen molar-refractivity contribution in [2.45, 2.75) is 52.6 Å². The largest absolute Gasteiger partial charge is 0.309 e. The lowest BCUT2D eigenvalue weighted by Gasteiger charge is -2.14. The van der Waals surface area contributed by atoms with E-state index < -0.39 is 0 Å². The van der Waals surface area contributed by atoms with Crippen molar-refractivity contribution in [1.29, 1.82) is 0 Å². The first-order valence-electron chi connectivity index (χ1n) is 6.37. The Kier molecular flexibility index (Phi) is 3.59. The van der Waals surface area contributed by atoms with E-state index in [2.05, 4.69) is 29.2 Å². The predicted molar refractivity (Wildman–Crippen MR) is 64.0 cm³/mol. The zero-order valence-corrected chi connectivity index (χ0v) is 10.4. The van der Waals surface area contributed by atoms with Crippen LogP contribution in [0.5, 0.6) is 0 Å². The minimum absolute atomic E-state index is 0.617. The third-order valence-electron chi connectivity index (χ3n) is 3.52. The molecule has 1 heterocycles. The number of hydrogen-bond acceptors (Lipinski definition) is 3. The number of nitrogens with one attached hydrogen (secondary N) is 1. The fourth-order valence-electron chi connectivity index (χ4n) is 2.35. The van der Waals surface area contributed by atoms with Gasteiger partial charge in [0, 0.05) is 13.1 Å². The Hall–Kier alpha value is -0.900. The molecule has 2 rings (SSSR count). The van der Waals surface area contributed by atoms with Gasteiger partial charge in [-0.05, 0) is 31.6 Å². The minimum Gasteiger partial charge on any atom is -0.309 e. The van der Waals surface area contributed by atoms with Gasteiger partial charge in [0.15, 0.2) is 0 Å². The lowest BCUT2D eigenvalue weighted by Crippen LogP contribution is -2.25. The van der Waals surface area contributed by atoms with E-state index in [0.29, 0.717) is 5.41 Å². The third-order valence-corrected chi connectivity index (χ3v) is 3.52. The van der Waals surface area contributed by atoms with E-state index in [9.17, 15) is 0 Å². The van der Waals surface area contributed by atoms with Gasteiger partial charge >= 0.3 is 0 Å². The number of aryl methyl sites for hydroxylation is 1. The lowest BCUT2D eigenvalue weighted by molar-refractivity contribution is 0.414. The van der Waals surface area contributed by atoms with Crippen molar-refractivity contribution in [3.63, 3.8) is 0 Å². The molecule has 0 radical (unpaired) electrons.